The van der Waals surface area contributed by atoms with Gasteiger partial charge in [0.2, 0.25) is 0 Å². The molecule has 0 amide bonds. The lowest BCUT2D eigenvalue weighted by Crippen LogP contribution is -2.06. The zero-order chi connectivity index (χ0) is 13.9. The molecule has 0 aliphatic heterocycles. The third-order valence-electron chi connectivity index (χ3n) is 3.58. The van der Waals surface area contributed by atoms with Crippen LogP contribution in [0.3, 0.4) is 0 Å². The van der Waals surface area contributed by atoms with Crippen LogP contribution in [0.15, 0.2) is 30.3 Å². The van der Waals surface area contributed by atoms with Crippen LogP contribution in [0.25, 0.3) is 0 Å². The number of hydrogen-bond acceptors (Lipinski definition) is 3. The number of pyridine rings is 1. The fourth-order valence-electron chi connectivity index (χ4n) is 2.51. The Labute approximate surface area is 123 Å². The molecule has 0 radical (unpaired) electrons. The number of benzene rings is 1. The zero-order valence-electron chi connectivity index (χ0n) is 11.0. The van der Waals surface area contributed by atoms with Crippen molar-refractivity contribution in [1.82, 2.24) is 4.98 Å². The van der Waals surface area contributed by atoms with Gasteiger partial charge in [0.05, 0.1) is 5.56 Å². The minimum atomic E-state index is 0.570. The van der Waals surface area contributed by atoms with Gasteiger partial charge in [-0.2, -0.15) is 5.26 Å². The van der Waals surface area contributed by atoms with Gasteiger partial charge in [0, 0.05) is 17.3 Å². The second-order valence-corrected chi connectivity index (χ2v) is 5.31. The van der Waals surface area contributed by atoms with Crippen molar-refractivity contribution in [2.24, 2.45) is 0 Å². The average molecular weight is 284 g/mol. The molecular weight excluding hydrogens is 270 g/mol. The van der Waals surface area contributed by atoms with Crippen molar-refractivity contribution >= 4 is 17.4 Å². The smallest absolute Gasteiger partial charge is 0.144 e. The molecule has 4 heteroatoms. The lowest BCUT2D eigenvalue weighted by molar-refractivity contribution is 0.899. The average Bonchev–Trinajstić information content (AvgIpc) is 2.92. The largest absolute Gasteiger partial charge is 0.365 e. The molecule has 0 saturated heterocycles. The second-order valence-electron chi connectivity index (χ2n) is 4.90. The molecule has 0 bridgehead atoms. The molecule has 20 heavy (non-hydrogen) atoms. The van der Waals surface area contributed by atoms with Crippen LogP contribution >= 0.6 is 11.6 Å². The lowest BCUT2D eigenvalue weighted by Gasteiger charge is -2.10. The van der Waals surface area contributed by atoms with Gasteiger partial charge in [0.25, 0.3) is 0 Å². The highest BCUT2D eigenvalue weighted by Gasteiger charge is 2.16. The Morgan fingerprint density at radius 1 is 1.30 bits per heavy atom. The Balaban J connectivity index is 1.84. The van der Waals surface area contributed by atoms with Crippen molar-refractivity contribution in [3.05, 3.63) is 57.7 Å². The van der Waals surface area contributed by atoms with Crippen molar-refractivity contribution < 1.29 is 0 Å². The quantitative estimate of drug-likeness (QED) is 0.934. The number of hydrogen-bond donors (Lipinski definition) is 1. The summed E-state index contributed by atoms with van der Waals surface area (Å²) in [6, 6.07) is 11.9. The number of fused-ring (bicyclic) bond motifs is 1. The van der Waals surface area contributed by atoms with Crippen molar-refractivity contribution in [3.8, 4) is 6.07 Å². The van der Waals surface area contributed by atoms with Crippen LogP contribution in [0.4, 0.5) is 5.82 Å². The first kappa shape index (κ1) is 13.0. The summed E-state index contributed by atoms with van der Waals surface area (Å²) in [5.74, 6) is 0.660. The van der Waals surface area contributed by atoms with Crippen molar-refractivity contribution in [2.45, 2.75) is 25.8 Å². The SMILES string of the molecule is N#Cc1cc2c(nc1NCc1ccccc1Cl)CCC2. The van der Waals surface area contributed by atoms with E-state index in [1.165, 1.54) is 5.56 Å². The van der Waals surface area contributed by atoms with Crippen LogP contribution in [-0.4, -0.2) is 4.98 Å². The maximum atomic E-state index is 9.25. The Morgan fingerprint density at radius 3 is 2.95 bits per heavy atom. The number of nitrogens with zero attached hydrogens (tertiary/aromatic N) is 2. The minimum absolute atomic E-state index is 0.570. The predicted octanol–water partition coefficient (Wildman–Crippen LogP) is 3.71. The van der Waals surface area contributed by atoms with E-state index >= 15 is 0 Å². The summed E-state index contributed by atoms with van der Waals surface area (Å²) in [6.45, 7) is 0.570. The summed E-state index contributed by atoms with van der Waals surface area (Å²) in [4.78, 5) is 4.59. The van der Waals surface area contributed by atoms with Crippen LogP contribution in [-0.2, 0) is 19.4 Å². The van der Waals surface area contributed by atoms with Crippen LogP contribution in [0, 0.1) is 11.3 Å². The van der Waals surface area contributed by atoms with Gasteiger partial charge in [-0.1, -0.05) is 29.8 Å². The number of halogens is 1. The molecule has 100 valence electrons. The summed E-state index contributed by atoms with van der Waals surface area (Å²) in [5, 5.41) is 13.2. The molecule has 2 aromatic rings. The zero-order valence-corrected chi connectivity index (χ0v) is 11.7. The topological polar surface area (TPSA) is 48.7 Å². The summed E-state index contributed by atoms with van der Waals surface area (Å²) >= 11 is 6.13. The summed E-state index contributed by atoms with van der Waals surface area (Å²) in [5.41, 5.74) is 3.94. The molecule has 3 rings (SSSR count). The van der Waals surface area contributed by atoms with Crippen molar-refractivity contribution in [1.29, 1.82) is 5.26 Å². The number of nitrogens with one attached hydrogen (secondary N) is 1. The molecule has 1 aromatic heterocycles. The number of rotatable bonds is 3. The Morgan fingerprint density at radius 2 is 2.15 bits per heavy atom. The molecule has 1 aromatic carbocycles. The Bertz CT molecular complexity index is 689. The van der Waals surface area contributed by atoms with E-state index in [1.807, 2.05) is 30.3 Å². The maximum Gasteiger partial charge on any atom is 0.144 e. The Hall–Kier alpha value is -2.05. The molecule has 1 N–H and O–H groups in total. The molecule has 0 spiro atoms. The van der Waals surface area contributed by atoms with E-state index < -0.39 is 0 Å². The summed E-state index contributed by atoms with van der Waals surface area (Å²) in [7, 11) is 0. The van der Waals surface area contributed by atoms with Gasteiger partial charge in [0.15, 0.2) is 0 Å². The van der Waals surface area contributed by atoms with Gasteiger partial charge < -0.3 is 5.32 Å². The van der Waals surface area contributed by atoms with Crippen LogP contribution in [0.5, 0.6) is 0 Å². The standard InChI is InChI=1S/C16H14ClN3/c17-14-6-2-1-4-12(14)10-19-16-13(9-18)8-11-5-3-7-15(11)20-16/h1-2,4,6,8H,3,5,7,10H2,(H,19,20). The van der Waals surface area contributed by atoms with E-state index in [2.05, 4.69) is 16.4 Å². The highest BCUT2D eigenvalue weighted by Crippen LogP contribution is 2.25. The number of aryl methyl sites for hydroxylation is 2. The molecular formula is C16H14ClN3. The van der Waals surface area contributed by atoms with Gasteiger partial charge in [-0.05, 0) is 42.5 Å². The predicted molar refractivity (Wildman–Crippen MR) is 79.8 cm³/mol. The lowest BCUT2D eigenvalue weighted by atomic mass is 10.1. The van der Waals surface area contributed by atoms with E-state index in [0.717, 1.165) is 35.5 Å². The maximum absolute atomic E-state index is 9.25. The molecule has 1 heterocycles. The van der Waals surface area contributed by atoms with Gasteiger partial charge in [-0.3, -0.25) is 0 Å². The molecule has 0 saturated carbocycles. The van der Waals surface area contributed by atoms with E-state index in [0.29, 0.717) is 17.9 Å². The highest BCUT2D eigenvalue weighted by atomic mass is 35.5. The minimum Gasteiger partial charge on any atom is -0.365 e. The van der Waals surface area contributed by atoms with Gasteiger partial charge in [-0.25, -0.2) is 4.98 Å². The van der Waals surface area contributed by atoms with Gasteiger partial charge >= 0.3 is 0 Å². The third-order valence-corrected chi connectivity index (χ3v) is 3.94. The molecule has 0 unspecified atom stereocenters. The molecule has 1 aliphatic carbocycles. The first-order valence-corrected chi connectivity index (χ1v) is 7.06. The summed E-state index contributed by atoms with van der Waals surface area (Å²) < 4.78 is 0. The van der Waals surface area contributed by atoms with Crippen LogP contribution in [0.2, 0.25) is 5.02 Å². The van der Waals surface area contributed by atoms with E-state index in [9.17, 15) is 5.26 Å². The first-order chi connectivity index (χ1) is 9.78. The monoisotopic (exact) mass is 283 g/mol. The van der Waals surface area contributed by atoms with E-state index in [4.69, 9.17) is 11.6 Å². The molecule has 1 aliphatic rings. The fourth-order valence-corrected chi connectivity index (χ4v) is 2.72. The van der Waals surface area contributed by atoms with Crippen molar-refractivity contribution in [3.63, 3.8) is 0 Å². The molecule has 3 nitrogen and oxygen atoms in total. The van der Waals surface area contributed by atoms with Crippen LogP contribution in [0.1, 0.15) is 28.8 Å². The second kappa shape index (κ2) is 5.52. The number of anilines is 1. The first-order valence-electron chi connectivity index (χ1n) is 6.68. The number of nitriles is 1. The van der Waals surface area contributed by atoms with E-state index in [-0.39, 0.29) is 0 Å². The van der Waals surface area contributed by atoms with Gasteiger partial charge in [0.1, 0.15) is 11.9 Å². The number of aromatic nitrogens is 1. The highest BCUT2D eigenvalue weighted by molar-refractivity contribution is 6.31. The fraction of sp³-hybridized carbons (Fsp3) is 0.250. The summed E-state index contributed by atoms with van der Waals surface area (Å²) in [6.07, 6.45) is 3.16. The van der Waals surface area contributed by atoms with Crippen LogP contribution < -0.4 is 5.32 Å². The normalized spacial score (nSPS) is 12.8. The van der Waals surface area contributed by atoms with Gasteiger partial charge in [-0.15, -0.1) is 0 Å². The van der Waals surface area contributed by atoms with E-state index in [1.54, 1.807) is 0 Å². The Kier molecular flexibility index (Phi) is 3.58. The molecule has 0 atom stereocenters. The van der Waals surface area contributed by atoms with Crippen molar-refractivity contribution in [2.75, 3.05) is 5.32 Å². The third kappa shape index (κ3) is 2.48. The molecule has 0 fully saturated rings.